The summed E-state index contributed by atoms with van der Waals surface area (Å²) < 4.78 is -0.347. The summed E-state index contributed by atoms with van der Waals surface area (Å²) in [6.07, 6.45) is 1.01. The van der Waals surface area contributed by atoms with Gasteiger partial charge in [-0.05, 0) is 12.3 Å². The van der Waals surface area contributed by atoms with E-state index >= 15 is 0 Å². The van der Waals surface area contributed by atoms with E-state index in [-0.39, 0.29) is 4.33 Å². The summed E-state index contributed by atoms with van der Waals surface area (Å²) in [7, 11) is -0.916. The molecule has 0 aromatic rings. The molecule has 0 bridgehead atoms. The lowest BCUT2D eigenvalue weighted by atomic mass is 10.5. The molecule has 1 rings (SSSR count). The normalized spacial score (nSPS) is 30.3. The Hall–Kier alpha value is 0.797. The molecule has 1 unspecified atom stereocenters. The van der Waals surface area contributed by atoms with Gasteiger partial charge in [0.05, 0.1) is 0 Å². The topological polar surface area (TPSA) is 0 Å². The Morgan fingerprint density at radius 2 is 1.80 bits per heavy atom. The van der Waals surface area contributed by atoms with Gasteiger partial charge >= 0.3 is 0 Å². The minimum Gasteiger partial charge on any atom is -0.101 e. The van der Waals surface area contributed by atoms with Crippen LogP contribution in [0.15, 0.2) is 0 Å². The highest BCUT2D eigenvalue weighted by atomic mass is 35.5. The van der Waals surface area contributed by atoms with Crippen molar-refractivity contribution in [3.05, 3.63) is 0 Å². The zero-order valence-electron chi connectivity index (χ0n) is 6.75. The van der Waals surface area contributed by atoms with Crippen LogP contribution in [0.4, 0.5) is 0 Å². The molecule has 0 spiro atoms. The molecule has 0 heterocycles. The molecule has 60 valence electrons. The van der Waals surface area contributed by atoms with Gasteiger partial charge < -0.3 is 0 Å². The lowest BCUT2D eigenvalue weighted by Crippen LogP contribution is -2.20. The van der Waals surface area contributed by atoms with Crippen molar-refractivity contribution < 1.29 is 0 Å². The summed E-state index contributed by atoms with van der Waals surface area (Å²) >= 11 is 11.8. The molecular formula is C7H14Cl2Si. The van der Waals surface area contributed by atoms with E-state index in [9.17, 15) is 0 Å². The van der Waals surface area contributed by atoms with Crippen LogP contribution in [0.5, 0.6) is 0 Å². The Bertz CT molecular complexity index is 137. The standard InChI is InChI=1S/C7H14Cl2Si/c1-10(2,3)5-6-4-7(6,8)9/h6H,4-5H2,1-3H3. The SMILES string of the molecule is C[Si](C)(C)CC1CC1(Cl)Cl. The van der Waals surface area contributed by atoms with Crippen LogP contribution in [0.25, 0.3) is 0 Å². The Balaban J connectivity index is 2.31. The Kier molecular flexibility index (Phi) is 2.13. The highest BCUT2D eigenvalue weighted by Crippen LogP contribution is 2.56. The van der Waals surface area contributed by atoms with Crippen molar-refractivity contribution in [2.45, 2.75) is 36.4 Å². The van der Waals surface area contributed by atoms with Crippen LogP contribution in [-0.4, -0.2) is 12.4 Å². The molecule has 0 aliphatic heterocycles. The molecule has 0 radical (unpaired) electrons. The Morgan fingerprint density at radius 1 is 1.40 bits per heavy atom. The summed E-state index contributed by atoms with van der Waals surface area (Å²) in [5.74, 6) is 0.600. The van der Waals surface area contributed by atoms with Gasteiger partial charge in [-0.1, -0.05) is 25.7 Å². The Morgan fingerprint density at radius 3 is 1.90 bits per heavy atom. The lowest BCUT2D eigenvalue weighted by Gasteiger charge is -2.14. The van der Waals surface area contributed by atoms with E-state index in [1.807, 2.05) is 0 Å². The second kappa shape index (κ2) is 2.39. The van der Waals surface area contributed by atoms with E-state index in [1.54, 1.807) is 0 Å². The van der Waals surface area contributed by atoms with Gasteiger partial charge in [0, 0.05) is 8.07 Å². The van der Waals surface area contributed by atoms with Crippen molar-refractivity contribution in [2.24, 2.45) is 5.92 Å². The largest absolute Gasteiger partial charge is 0.121 e. The summed E-state index contributed by atoms with van der Waals surface area (Å²) in [6, 6.07) is 1.28. The Labute approximate surface area is 73.9 Å². The van der Waals surface area contributed by atoms with Crippen LogP contribution in [0, 0.1) is 5.92 Å². The molecular weight excluding hydrogens is 183 g/mol. The highest BCUT2D eigenvalue weighted by Gasteiger charge is 2.52. The lowest BCUT2D eigenvalue weighted by molar-refractivity contribution is 0.930. The van der Waals surface area contributed by atoms with Crippen LogP contribution in [0.2, 0.25) is 25.7 Å². The predicted octanol–water partition coefficient (Wildman–Crippen LogP) is 3.52. The van der Waals surface area contributed by atoms with Gasteiger partial charge in [-0.25, -0.2) is 0 Å². The molecule has 1 aliphatic carbocycles. The average molecular weight is 197 g/mol. The number of alkyl halides is 2. The van der Waals surface area contributed by atoms with Crippen LogP contribution in [0.3, 0.4) is 0 Å². The first kappa shape index (κ1) is 8.89. The van der Waals surface area contributed by atoms with Crippen molar-refractivity contribution in [2.75, 3.05) is 0 Å². The second-order valence-corrected chi connectivity index (χ2v) is 11.5. The van der Waals surface area contributed by atoms with Crippen molar-refractivity contribution in [1.82, 2.24) is 0 Å². The van der Waals surface area contributed by atoms with Crippen LogP contribution in [-0.2, 0) is 0 Å². The molecule has 1 atom stereocenters. The van der Waals surface area contributed by atoms with E-state index in [0.29, 0.717) is 5.92 Å². The number of hydrogen-bond donors (Lipinski definition) is 0. The van der Waals surface area contributed by atoms with Gasteiger partial charge in [0.2, 0.25) is 0 Å². The molecule has 1 aliphatic rings. The highest BCUT2D eigenvalue weighted by molar-refractivity contribution is 6.76. The fourth-order valence-electron chi connectivity index (χ4n) is 1.23. The fraction of sp³-hybridized carbons (Fsp3) is 1.00. The van der Waals surface area contributed by atoms with Crippen molar-refractivity contribution in [3.63, 3.8) is 0 Å². The zero-order valence-corrected chi connectivity index (χ0v) is 9.26. The maximum absolute atomic E-state index is 5.90. The molecule has 1 saturated carbocycles. The van der Waals surface area contributed by atoms with Crippen LogP contribution < -0.4 is 0 Å². The minimum atomic E-state index is -0.916. The second-order valence-electron chi connectivity index (χ2n) is 4.43. The summed E-state index contributed by atoms with van der Waals surface area (Å²) in [4.78, 5) is 0. The van der Waals surface area contributed by atoms with E-state index < -0.39 is 8.07 Å². The van der Waals surface area contributed by atoms with Crippen molar-refractivity contribution in [1.29, 1.82) is 0 Å². The van der Waals surface area contributed by atoms with Gasteiger partial charge in [-0.3, -0.25) is 0 Å². The predicted molar refractivity (Wildman–Crippen MR) is 50.7 cm³/mol. The molecule has 0 nitrogen and oxygen atoms in total. The maximum Gasteiger partial charge on any atom is 0.121 e. The first-order valence-electron chi connectivity index (χ1n) is 3.69. The monoisotopic (exact) mass is 196 g/mol. The van der Waals surface area contributed by atoms with E-state index in [0.717, 1.165) is 6.42 Å². The first-order valence-corrected chi connectivity index (χ1v) is 8.15. The summed E-state index contributed by atoms with van der Waals surface area (Å²) in [6.45, 7) is 7.07. The average Bonchev–Trinajstić information content (AvgIpc) is 2.05. The third kappa shape index (κ3) is 2.44. The van der Waals surface area contributed by atoms with Crippen LogP contribution >= 0.6 is 23.2 Å². The van der Waals surface area contributed by atoms with Gasteiger partial charge in [0.1, 0.15) is 4.33 Å². The number of rotatable bonds is 2. The van der Waals surface area contributed by atoms with Gasteiger partial charge in [0.25, 0.3) is 0 Å². The van der Waals surface area contributed by atoms with Gasteiger partial charge in [0.15, 0.2) is 0 Å². The fourth-order valence-corrected chi connectivity index (χ4v) is 3.99. The molecule has 0 aromatic heterocycles. The molecule has 0 N–H and O–H groups in total. The molecule has 0 aromatic carbocycles. The van der Waals surface area contributed by atoms with E-state index in [4.69, 9.17) is 23.2 Å². The zero-order chi connectivity index (χ0) is 7.99. The molecule has 0 amide bonds. The van der Waals surface area contributed by atoms with Gasteiger partial charge in [-0.2, -0.15) is 0 Å². The van der Waals surface area contributed by atoms with Crippen LogP contribution in [0.1, 0.15) is 6.42 Å². The third-order valence-electron chi connectivity index (χ3n) is 1.81. The number of hydrogen-bond acceptors (Lipinski definition) is 0. The smallest absolute Gasteiger partial charge is 0.101 e. The van der Waals surface area contributed by atoms with Gasteiger partial charge in [-0.15, -0.1) is 23.2 Å². The first-order chi connectivity index (χ1) is 4.31. The summed E-state index contributed by atoms with van der Waals surface area (Å²) in [5.41, 5.74) is 0. The summed E-state index contributed by atoms with van der Waals surface area (Å²) in [5, 5.41) is 0. The number of halogens is 2. The van der Waals surface area contributed by atoms with Crippen molar-refractivity contribution >= 4 is 31.3 Å². The molecule has 1 fully saturated rings. The maximum atomic E-state index is 5.90. The van der Waals surface area contributed by atoms with E-state index in [1.165, 1.54) is 6.04 Å². The minimum absolute atomic E-state index is 0.347. The van der Waals surface area contributed by atoms with Crippen molar-refractivity contribution in [3.8, 4) is 0 Å². The quantitative estimate of drug-likeness (QED) is 0.469. The third-order valence-corrected chi connectivity index (χ3v) is 4.46. The molecule has 10 heavy (non-hydrogen) atoms. The molecule has 0 saturated heterocycles. The van der Waals surface area contributed by atoms with E-state index in [2.05, 4.69) is 19.6 Å². The molecule has 3 heteroatoms.